The number of carbonyl (C=O) groups is 1. The monoisotopic (exact) mass is 507 g/mol. The molecule has 0 bridgehead atoms. The van der Waals surface area contributed by atoms with Crippen LogP contribution >= 0.6 is 0 Å². The lowest BCUT2D eigenvalue weighted by atomic mass is 10.0. The zero-order chi connectivity index (χ0) is 24.9. The summed E-state index contributed by atoms with van der Waals surface area (Å²) in [5, 5.41) is 2.73. The van der Waals surface area contributed by atoms with Crippen molar-refractivity contribution in [2.24, 2.45) is 5.92 Å². The number of anilines is 1. The summed E-state index contributed by atoms with van der Waals surface area (Å²) in [5.74, 6) is -0.328. The fraction of sp³-hybridized carbons (Fsp3) is 0.458. The standard InChI is InChI=1S/C24H33N3O5S2/c1-18(2)24(28)26-20-9-13-22(14-10-20)33(29,30)25-16-15-21-6-4-5-17-27(21)34(31,32)23-11-7-19(3)8-12-23/h7-14,18,21,25H,4-6,15-17H2,1-3H3,(H,26,28). The molecule has 1 saturated heterocycles. The number of carbonyl (C=O) groups excluding carboxylic acids is 1. The summed E-state index contributed by atoms with van der Waals surface area (Å²) >= 11 is 0. The highest BCUT2D eigenvalue weighted by Crippen LogP contribution is 2.27. The number of nitrogens with zero attached hydrogens (tertiary/aromatic N) is 1. The molecule has 1 aliphatic rings. The lowest BCUT2D eigenvalue weighted by Gasteiger charge is -2.34. The van der Waals surface area contributed by atoms with E-state index in [1.807, 2.05) is 6.92 Å². The van der Waals surface area contributed by atoms with Crippen LogP contribution in [0.5, 0.6) is 0 Å². The Morgan fingerprint density at radius 1 is 0.971 bits per heavy atom. The molecule has 1 amide bonds. The molecule has 2 aromatic carbocycles. The van der Waals surface area contributed by atoms with Gasteiger partial charge in [0.05, 0.1) is 9.79 Å². The van der Waals surface area contributed by atoms with Gasteiger partial charge in [-0.1, -0.05) is 38.0 Å². The van der Waals surface area contributed by atoms with Gasteiger partial charge in [-0.15, -0.1) is 0 Å². The SMILES string of the molecule is Cc1ccc(S(=O)(=O)N2CCCCC2CCNS(=O)(=O)c2ccc(NC(=O)C(C)C)cc2)cc1. The first kappa shape index (κ1) is 26.3. The quantitative estimate of drug-likeness (QED) is 0.539. The van der Waals surface area contributed by atoms with E-state index in [4.69, 9.17) is 0 Å². The number of hydrogen-bond acceptors (Lipinski definition) is 5. The lowest BCUT2D eigenvalue weighted by molar-refractivity contribution is -0.118. The minimum atomic E-state index is -3.76. The van der Waals surface area contributed by atoms with Gasteiger partial charge < -0.3 is 5.32 Å². The van der Waals surface area contributed by atoms with Crippen LogP contribution in [0.2, 0.25) is 0 Å². The van der Waals surface area contributed by atoms with Gasteiger partial charge >= 0.3 is 0 Å². The first-order valence-electron chi connectivity index (χ1n) is 11.5. The van der Waals surface area contributed by atoms with Crippen LogP contribution in [0.1, 0.15) is 45.1 Å². The summed E-state index contributed by atoms with van der Waals surface area (Å²) in [6.07, 6.45) is 2.76. The second-order valence-corrected chi connectivity index (χ2v) is 12.6. The van der Waals surface area contributed by atoms with Crippen molar-refractivity contribution < 1.29 is 21.6 Å². The van der Waals surface area contributed by atoms with Gasteiger partial charge in [-0.05, 0) is 62.6 Å². The molecule has 0 aromatic heterocycles. The van der Waals surface area contributed by atoms with Crippen molar-refractivity contribution in [2.75, 3.05) is 18.4 Å². The fourth-order valence-corrected chi connectivity index (χ4v) is 6.64. The van der Waals surface area contributed by atoms with E-state index in [0.717, 1.165) is 18.4 Å². The Bertz CT molecular complexity index is 1190. The highest BCUT2D eigenvalue weighted by atomic mass is 32.2. The van der Waals surface area contributed by atoms with Crippen molar-refractivity contribution >= 4 is 31.6 Å². The molecule has 186 valence electrons. The molecule has 1 aliphatic heterocycles. The Hall–Kier alpha value is -2.27. The van der Waals surface area contributed by atoms with Crippen LogP contribution < -0.4 is 10.0 Å². The number of sulfonamides is 2. The predicted octanol–water partition coefficient (Wildman–Crippen LogP) is 3.50. The first-order valence-corrected chi connectivity index (χ1v) is 14.4. The molecular formula is C24H33N3O5S2. The molecule has 34 heavy (non-hydrogen) atoms. The molecule has 2 N–H and O–H groups in total. The number of rotatable bonds is 9. The average Bonchev–Trinajstić information content (AvgIpc) is 2.80. The summed E-state index contributed by atoms with van der Waals surface area (Å²) in [5.41, 5.74) is 1.51. The van der Waals surface area contributed by atoms with Gasteiger partial charge in [0.15, 0.2) is 0 Å². The van der Waals surface area contributed by atoms with Crippen LogP contribution in [0.3, 0.4) is 0 Å². The summed E-state index contributed by atoms with van der Waals surface area (Å²) in [6, 6.07) is 12.5. The Kier molecular flexibility index (Phi) is 8.51. The second kappa shape index (κ2) is 11.0. The molecule has 0 spiro atoms. The van der Waals surface area contributed by atoms with Crippen molar-refractivity contribution in [1.29, 1.82) is 0 Å². The molecule has 0 radical (unpaired) electrons. The molecule has 2 aromatic rings. The van der Waals surface area contributed by atoms with E-state index in [1.54, 1.807) is 50.2 Å². The third-order valence-corrected chi connectivity index (χ3v) is 9.37. The largest absolute Gasteiger partial charge is 0.326 e. The average molecular weight is 508 g/mol. The van der Waals surface area contributed by atoms with Crippen molar-refractivity contribution in [3.8, 4) is 0 Å². The molecule has 1 unspecified atom stereocenters. The van der Waals surface area contributed by atoms with Crippen molar-refractivity contribution in [3.63, 3.8) is 0 Å². The molecule has 1 fully saturated rings. The molecular weight excluding hydrogens is 474 g/mol. The third kappa shape index (κ3) is 6.44. The van der Waals surface area contributed by atoms with Gasteiger partial charge in [0.25, 0.3) is 0 Å². The summed E-state index contributed by atoms with van der Waals surface area (Å²) in [7, 11) is -7.41. The number of benzene rings is 2. The summed E-state index contributed by atoms with van der Waals surface area (Å²) in [4.78, 5) is 12.1. The molecule has 0 saturated carbocycles. The third-order valence-electron chi connectivity index (χ3n) is 5.93. The second-order valence-electron chi connectivity index (χ2n) is 8.93. The Morgan fingerprint density at radius 2 is 1.59 bits per heavy atom. The van der Waals surface area contributed by atoms with Crippen LogP contribution in [-0.2, 0) is 24.8 Å². The van der Waals surface area contributed by atoms with Crippen molar-refractivity contribution in [3.05, 3.63) is 54.1 Å². The van der Waals surface area contributed by atoms with Crippen LogP contribution in [0, 0.1) is 12.8 Å². The van der Waals surface area contributed by atoms with E-state index in [1.165, 1.54) is 16.4 Å². The number of piperidine rings is 1. The molecule has 0 aliphatic carbocycles. The molecule has 1 heterocycles. The van der Waals surface area contributed by atoms with E-state index >= 15 is 0 Å². The van der Waals surface area contributed by atoms with Gasteiger partial charge in [-0.3, -0.25) is 4.79 Å². The van der Waals surface area contributed by atoms with Gasteiger partial charge in [-0.25, -0.2) is 21.6 Å². The van der Waals surface area contributed by atoms with Crippen LogP contribution in [0.4, 0.5) is 5.69 Å². The van der Waals surface area contributed by atoms with Gasteiger partial charge in [0, 0.05) is 30.7 Å². The maximum absolute atomic E-state index is 13.2. The predicted molar refractivity (Wildman–Crippen MR) is 132 cm³/mol. The molecule has 3 rings (SSSR count). The minimum absolute atomic E-state index is 0.0859. The van der Waals surface area contributed by atoms with Crippen LogP contribution in [0.25, 0.3) is 0 Å². The number of aryl methyl sites for hydroxylation is 1. The fourth-order valence-electron chi connectivity index (χ4n) is 3.87. The maximum atomic E-state index is 13.2. The Balaban J connectivity index is 1.63. The maximum Gasteiger partial charge on any atom is 0.243 e. The molecule has 8 nitrogen and oxygen atoms in total. The van der Waals surface area contributed by atoms with E-state index < -0.39 is 20.0 Å². The Labute approximate surface area is 202 Å². The number of hydrogen-bond donors (Lipinski definition) is 2. The zero-order valence-corrected chi connectivity index (χ0v) is 21.5. The lowest BCUT2D eigenvalue weighted by Crippen LogP contribution is -2.45. The highest BCUT2D eigenvalue weighted by molar-refractivity contribution is 7.89. The highest BCUT2D eigenvalue weighted by Gasteiger charge is 2.33. The van der Waals surface area contributed by atoms with E-state index in [-0.39, 0.29) is 34.2 Å². The Morgan fingerprint density at radius 3 is 2.21 bits per heavy atom. The minimum Gasteiger partial charge on any atom is -0.326 e. The van der Waals surface area contributed by atoms with E-state index in [9.17, 15) is 21.6 Å². The van der Waals surface area contributed by atoms with Gasteiger partial charge in [-0.2, -0.15) is 4.31 Å². The van der Waals surface area contributed by atoms with Gasteiger partial charge in [0.2, 0.25) is 26.0 Å². The van der Waals surface area contributed by atoms with Gasteiger partial charge in [0.1, 0.15) is 0 Å². The smallest absolute Gasteiger partial charge is 0.243 e. The number of nitrogens with one attached hydrogen (secondary N) is 2. The van der Waals surface area contributed by atoms with Crippen LogP contribution in [0.15, 0.2) is 58.3 Å². The normalized spacial score (nSPS) is 17.6. The zero-order valence-electron chi connectivity index (χ0n) is 19.8. The number of amides is 1. The topological polar surface area (TPSA) is 113 Å². The van der Waals surface area contributed by atoms with Crippen molar-refractivity contribution in [1.82, 2.24) is 9.03 Å². The summed E-state index contributed by atoms with van der Waals surface area (Å²) < 4.78 is 55.9. The first-order chi connectivity index (χ1) is 16.0. The van der Waals surface area contributed by atoms with E-state index in [0.29, 0.717) is 25.1 Å². The molecule has 10 heteroatoms. The van der Waals surface area contributed by atoms with Crippen molar-refractivity contribution in [2.45, 2.75) is 62.3 Å². The molecule has 1 atom stereocenters. The van der Waals surface area contributed by atoms with E-state index in [2.05, 4.69) is 10.0 Å². The summed E-state index contributed by atoms with van der Waals surface area (Å²) in [6.45, 7) is 6.01. The van der Waals surface area contributed by atoms with Crippen LogP contribution in [-0.4, -0.2) is 46.2 Å².